The number of rotatable bonds is 10. The monoisotopic (exact) mass is 266 g/mol. The Morgan fingerprint density at radius 3 is 2.16 bits per heavy atom. The molecule has 1 rings (SSSR count). The Kier molecular flexibility index (Phi) is 8.77. The molecule has 0 fully saturated rings. The van der Waals surface area contributed by atoms with E-state index in [9.17, 15) is 0 Å². The maximum atomic E-state index is 3.61. The summed E-state index contributed by atoms with van der Waals surface area (Å²) in [4.78, 5) is 0. The molecule has 0 amide bonds. The van der Waals surface area contributed by atoms with E-state index in [1.165, 1.54) is 69.2 Å². The van der Waals surface area contributed by atoms with Crippen LogP contribution >= 0.6 is 0 Å². The van der Waals surface area contributed by atoms with E-state index in [0.29, 0.717) is 0 Å². The highest BCUT2D eigenvalue weighted by molar-refractivity contribution is 5.14. The van der Waals surface area contributed by atoms with Gasteiger partial charge in [-0.1, -0.05) is 58.8 Å². The molecule has 0 saturated heterocycles. The van der Waals surface area contributed by atoms with Gasteiger partial charge in [-0.05, 0) is 19.8 Å². The van der Waals surface area contributed by atoms with E-state index in [-0.39, 0.29) is 0 Å². The van der Waals surface area contributed by atoms with E-state index < -0.39 is 0 Å². The maximum absolute atomic E-state index is 3.61. The minimum Gasteiger partial charge on any atom is -0.385 e. The molecular formula is C17H34N2. The molecule has 112 valence electrons. The fourth-order valence-corrected chi connectivity index (χ4v) is 3.03. The first-order chi connectivity index (χ1) is 9.29. The molecule has 1 atom stereocenters. The average Bonchev–Trinajstić information content (AvgIpc) is 2.43. The number of unbranched alkanes of at least 4 members (excludes halogenated alkanes) is 6. The molecule has 1 aliphatic rings. The fraction of sp³-hybridized carbons (Fsp3) is 0.882. The Morgan fingerprint density at radius 1 is 0.895 bits per heavy atom. The van der Waals surface area contributed by atoms with E-state index in [2.05, 4.69) is 31.4 Å². The summed E-state index contributed by atoms with van der Waals surface area (Å²) >= 11 is 0. The molecule has 0 spiro atoms. The summed E-state index contributed by atoms with van der Waals surface area (Å²) in [6, 6.07) is 0. The van der Waals surface area contributed by atoms with Crippen molar-refractivity contribution in [1.29, 1.82) is 0 Å². The standard InChI is InChI=1S/C17H34N2/c1-4-6-7-8-9-10-11-12-16(5-2)17-15(3)18-13-14-19-17/h16,18-19H,4-14H2,1-3H3. The van der Waals surface area contributed by atoms with Crippen LogP contribution in [0.3, 0.4) is 0 Å². The van der Waals surface area contributed by atoms with Crippen LogP contribution in [0.25, 0.3) is 0 Å². The van der Waals surface area contributed by atoms with Gasteiger partial charge in [0, 0.05) is 30.4 Å². The van der Waals surface area contributed by atoms with E-state index >= 15 is 0 Å². The predicted octanol–water partition coefficient (Wildman–Crippen LogP) is 4.58. The molecule has 2 N–H and O–H groups in total. The molecule has 0 aromatic carbocycles. The van der Waals surface area contributed by atoms with Crippen molar-refractivity contribution in [3.05, 3.63) is 11.4 Å². The lowest BCUT2D eigenvalue weighted by atomic mass is 9.93. The molecule has 1 heterocycles. The average molecular weight is 266 g/mol. The van der Waals surface area contributed by atoms with E-state index in [1.807, 2.05) is 0 Å². The van der Waals surface area contributed by atoms with Crippen molar-refractivity contribution in [2.75, 3.05) is 13.1 Å². The van der Waals surface area contributed by atoms with Gasteiger partial charge in [0.05, 0.1) is 0 Å². The van der Waals surface area contributed by atoms with Gasteiger partial charge < -0.3 is 10.6 Å². The largest absolute Gasteiger partial charge is 0.385 e. The minimum absolute atomic E-state index is 0.739. The predicted molar refractivity (Wildman–Crippen MR) is 85.1 cm³/mol. The zero-order chi connectivity index (χ0) is 13.9. The Hall–Kier alpha value is -0.660. The molecule has 0 aromatic rings. The van der Waals surface area contributed by atoms with Gasteiger partial charge >= 0.3 is 0 Å². The number of hydrogen-bond donors (Lipinski definition) is 2. The van der Waals surface area contributed by atoms with Crippen LogP contribution in [-0.2, 0) is 0 Å². The number of nitrogens with one attached hydrogen (secondary N) is 2. The third-order valence-corrected chi connectivity index (χ3v) is 4.29. The maximum Gasteiger partial charge on any atom is 0.0328 e. The first-order valence-electron chi connectivity index (χ1n) is 8.48. The summed E-state index contributed by atoms with van der Waals surface area (Å²) in [5, 5.41) is 7.09. The highest BCUT2D eigenvalue weighted by Crippen LogP contribution is 2.23. The first-order valence-corrected chi connectivity index (χ1v) is 8.48. The van der Waals surface area contributed by atoms with Crippen LogP contribution in [0, 0.1) is 5.92 Å². The molecule has 0 aliphatic carbocycles. The lowest BCUT2D eigenvalue weighted by Gasteiger charge is -2.28. The van der Waals surface area contributed by atoms with Crippen molar-refractivity contribution in [2.45, 2.75) is 78.6 Å². The zero-order valence-corrected chi connectivity index (χ0v) is 13.4. The summed E-state index contributed by atoms with van der Waals surface area (Å²) in [6.07, 6.45) is 12.5. The summed E-state index contributed by atoms with van der Waals surface area (Å²) in [5.74, 6) is 0.739. The molecule has 1 unspecified atom stereocenters. The summed E-state index contributed by atoms with van der Waals surface area (Å²) in [7, 11) is 0. The van der Waals surface area contributed by atoms with Crippen LogP contribution in [0.2, 0.25) is 0 Å². The van der Waals surface area contributed by atoms with Gasteiger partial charge in [0.1, 0.15) is 0 Å². The van der Waals surface area contributed by atoms with Crippen LogP contribution in [0.4, 0.5) is 0 Å². The Labute approximate surface area is 120 Å². The highest BCUT2D eigenvalue weighted by Gasteiger charge is 2.17. The van der Waals surface area contributed by atoms with Crippen molar-refractivity contribution in [3.8, 4) is 0 Å². The van der Waals surface area contributed by atoms with Gasteiger partial charge in [-0.2, -0.15) is 0 Å². The second-order valence-corrected chi connectivity index (χ2v) is 5.91. The third kappa shape index (κ3) is 6.35. The molecule has 19 heavy (non-hydrogen) atoms. The van der Waals surface area contributed by atoms with E-state index in [0.717, 1.165) is 19.0 Å². The molecule has 0 saturated carbocycles. The Balaban J connectivity index is 2.18. The molecule has 0 bridgehead atoms. The van der Waals surface area contributed by atoms with Crippen molar-refractivity contribution in [1.82, 2.24) is 10.6 Å². The van der Waals surface area contributed by atoms with E-state index in [4.69, 9.17) is 0 Å². The topological polar surface area (TPSA) is 24.1 Å². The normalized spacial score (nSPS) is 17.0. The van der Waals surface area contributed by atoms with Gasteiger partial charge in [-0.25, -0.2) is 0 Å². The molecular weight excluding hydrogens is 232 g/mol. The van der Waals surface area contributed by atoms with Crippen LogP contribution in [-0.4, -0.2) is 13.1 Å². The van der Waals surface area contributed by atoms with Crippen LogP contribution < -0.4 is 10.6 Å². The van der Waals surface area contributed by atoms with Gasteiger partial charge in [0.15, 0.2) is 0 Å². The van der Waals surface area contributed by atoms with Gasteiger partial charge in [0.25, 0.3) is 0 Å². The Bertz CT molecular complexity index is 258. The van der Waals surface area contributed by atoms with Crippen molar-refractivity contribution in [2.24, 2.45) is 5.92 Å². The second-order valence-electron chi connectivity index (χ2n) is 5.91. The fourth-order valence-electron chi connectivity index (χ4n) is 3.03. The quantitative estimate of drug-likeness (QED) is 0.566. The summed E-state index contributed by atoms with van der Waals surface area (Å²) in [5.41, 5.74) is 2.86. The van der Waals surface area contributed by atoms with Crippen molar-refractivity contribution in [3.63, 3.8) is 0 Å². The lowest BCUT2D eigenvalue weighted by molar-refractivity contribution is 0.446. The van der Waals surface area contributed by atoms with Gasteiger partial charge in [-0.15, -0.1) is 0 Å². The molecule has 2 heteroatoms. The van der Waals surface area contributed by atoms with Crippen molar-refractivity contribution >= 4 is 0 Å². The molecule has 2 nitrogen and oxygen atoms in total. The number of hydrogen-bond acceptors (Lipinski definition) is 2. The van der Waals surface area contributed by atoms with E-state index in [1.54, 1.807) is 0 Å². The van der Waals surface area contributed by atoms with Crippen LogP contribution in [0.1, 0.15) is 78.6 Å². The van der Waals surface area contributed by atoms with Gasteiger partial charge in [0.2, 0.25) is 0 Å². The SMILES string of the molecule is CCCCCCCCCC(CC)C1=C(C)NCCN1. The molecule has 0 radical (unpaired) electrons. The zero-order valence-electron chi connectivity index (χ0n) is 13.4. The smallest absolute Gasteiger partial charge is 0.0328 e. The number of allylic oxidation sites excluding steroid dienone is 2. The summed E-state index contributed by atoms with van der Waals surface area (Å²) in [6.45, 7) is 8.98. The molecule has 0 aromatic heterocycles. The van der Waals surface area contributed by atoms with Crippen LogP contribution in [0.15, 0.2) is 11.4 Å². The van der Waals surface area contributed by atoms with Gasteiger partial charge in [-0.3, -0.25) is 0 Å². The van der Waals surface area contributed by atoms with Crippen LogP contribution in [0.5, 0.6) is 0 Å². The summed E-state index contributed by atoms with van der Waals surface area (Å²) < 4.78 is 0. The lowest BCUT2D eigenvalue weighted by Crippen LogP contribution is -2.37. The second kappa shape index (κ2) is 10.2. The van der Waals surface area contributed by atoms with Crippen molar-refractivity contribution < 1.29 is 0 Å². The molecule has 1 aliphatic heterocycles. The minimum atomic E-state index is 0.739. The first kappa shape index (κ1) is 16.4. The third-order valence-electron chi connectivity index (χ3n) is 4.29. The highest BCUT2D eigenvalue weighted by atomic mass is 15.0. The Morgan fingerprint density at radius 2 is 1.53 bits per heavy atom.